The predicted octanol–water partition coefficient (Wildman–Crippen LogP) is 2.42. The fraction of sp³-hybridized carbons (Fsp3) is 0.667. The highest BCUT2D eigenvalue weighted by molar-refractivity contribution is 6.60. The summed E-state index contributed by atoms with van der Waals surface area (Å²) in [6, 6.07) is 10.6. The van der Waals surface area contributed by atoms with Gasteiger partial charge in [0.05, 0.1) is 12.7 Å². The Balaban J connectivity index is 1.99. The topological polar surface area (TPSA) is 49.4 Å². The number of para-hydroxylation sites is 1. The molecule has 2 rings (SSSR count). The summed E-state index contributed by atoms with van der Waals surface area (Å²) in [6.07, 6.45) is 0.889. The first-order chi connectivity index (χ1) is 12.2. The van der Waals surface area contributed by atoms with Gasteiger partial charge in [0, 0.05) is 40.0 Å². The van der Waals surface area contributed by atoms with Gasteiger partial charge in [-0.05, 0) is 32.0 Å². The van der Waals surface area contributed by atoms with Crippen LogP contribution in [0.25, 0.3) is 0 Å². The molecule has 1 unspecified atom stereocenters. The Labute approximate surface area is 152 Å². The van der Waals surface area contributed by atoms with E-state index in [1.807, 2.05) is 37.3 Å². The van der Waals surface area contributed by atoms with Crippen molar-refractivity contribution >= 4 is 8.80 Å². The Morgan fingerprint density at radius 3 is 2.64 bits per heavy atom. The second-order valence-electron chi connectivity index (χ2n) is 6.06. The Bertz CT molecular complexity index is 472. The average molecular weight is 370 g/mol. The van der Waals surface area contributed by atoms with Crippen LogP contribution in [-0.4, -0.2) is 73.5 Å². The molecule has 0 amide bonds. The number of hydrogen-bond donors (Lipinski definition) is 0. The van der Waals surface area contributed by atoms with Crippen molar-refractivity contribution < 1.29 is 22.8 Å². The highest BCUT2D eigenvalue weighted by Gasteiger charge is 2.42. The standard InChI is InChI=1S/C18H31NO5Si/c1-4-22-13-12-19-11-8-14-25(20-2,21-3)24-18(15-19)16-23-17-9-6-5-7-10-17/h5-7,9-10,18H,4,8,11-16H2,1-3H3. The summed E-state index contributed by atoms with van der Waals surface area (Å²) < 4.78 is 29.1. The molecule has 25 heavy (non-hydrogen) atoms. The van der Waals surface area contributed by atoms with Crippen LogP contribution in [0.2, 0.25) is 6.04 Å². The Morgan fingerprint density at radius 2 is 1.96 bits per heavy atom. The number of ether oxygens (including phenoxy) is 2. The highest BCUT2D eigenvalue weighted by atomic mass is 28.4. The zero-order valence-corrected chi connectivity index (χ0v) is 16.6. The summed E-state index contributed by atoms with van der Waals surface area (Å²) in [5.41, 5.74) is 0. The van der Waals surface area contributed by atoms with Crippen molar-refractivity contribution in [3.63, 3.8) is 0 Å². The molecule has 1 aliphatic heterocycles. The van der Waals surface area contributed by atoms with Gasteiger partial charge in [-0.25, -0.2) is 0 Å². The van der Waals surface area contributed by atoms with Crippen molar-refractivity contribution in [2.75, 3.05) is 53.7 Å². The molecule has 142 valence electrons. The van der Waals surface area contributed by atoms with Crippen LogP contribution in [0.4, 0.5) is 0 Å². The van der Waals surface area contributed by atoms with E-state index in [-0.39, 0.29) is 6.10 Å². The van der Waals surface area contributed by atoms with Crippen molar-refractivity contribution in [2.24, 2.45) is 0 Å². The molecule has 1 aromatic carbocycles. The molecule has 1 saturated heterocycles. The van der Waals surface area contributed by atoms with Gasteiger partial charge in [0.1, 0.15) is 12.4 Å². The third-order valence-corrected chi connectivity index (χ3v) is 7.22. The molecule has 0 radical (unpaired) electrons. The molecule has 0 aliphatic carbocycles. The first kappa shape index (κ1) is 20.4. The normalized spacial score (nSPS) is 21.5. The minimum absolute atomic E-state index is 0.103. The molecular weight excluding hydrogens is 338 g/mol. The SMILES string of the molecule is CCOCCN1CCC[Si](OC)(OC)OC(COc2ccccc2)C1. The van der Waals surface area contributed by atoms with Gasteiger partial charge < -0.3 is 22.8 Å². The summed E-state index contributed by atoms with van der Waals surface area (Å²) in [6.45, 7) is 6.63. The molecule has 1 aromatic rings. The van der Waals surface area contributed by atoms with Crippen molar-refractivity contribution in [3.8, 4) is 5.75 Å². The van der Waals surface area contributed by atoms with Crippen LogP contribution in [0.5, 0.6) is 5.75 Å². The van der Waals surface area contributed by atoms with Gasteiger partial charge >= 0.3 is 8.80 Å². The van der Waals surface area contributed by atoms with Crippen molar-refractivity contribution in [1.82, 2.24) is 4.90 Å². The Hall–Kier alpha value is -0.963. The van der Waals surface area contributed by atoms with Crippen molar-refractivity contribution in [3.05, 3.63) is 30.3 Å². The maximum Gasteiger partial charge on any atom is 0.500 e. The third-order valence-electron chi connectivity index (χ3n) is 4.32. The molecule has 1 fully saturated rings. The minimum Gasteiger partial charge on any atom is -0.491 e. The lowest BCUT2D eigenvalue weighted by Crippen LogP contribution is -2.53. The first-order valence-electron chi connectivity index (χ1n) is 8.97. The molecule has 0 bridgehead atoms. The van der Waals surface area contributed by atoms with Gasteiger partial charge in [-0.15, -0.1) is 0 Å². The highest BCUT2D eigenvalue weighted by Crippen LogP contribution is 2.22. The average Bonchev–Trinajstić information content (AvgIpc) is 2.64. The monoisotopic (exact) mass is 369 g/mol. The van der Waals surface area contributed by atoms with Gasteiger partial charge in [-0.1, -0.05) is 18.2 Å². The third kappa shape index (κ3) is 6.69. The molecule has 1 aliphatic rings. The van der Waals surface area contributed by atoms with Gasteiger partial charge in [-0.2, -0.15) is 0 Å². The number of nitrogens with zero attached hydrogens (tertiary/aromatic N) is 1. The van der Waals surface area contributed by atoms with E-state index in [0.717, 1.165) is 51.1 Å². The maximum absolute atomic E-state index is 6.32. The summed E-state index contributed by atoms with van der Waals surface area (Å²) in [7, 11) is 0.740. The molecule has 0 N–H and O–H groups in total. The fourth-order valence-corrected chi connectivity index (χ4v) is 5.09. The van der Waals surface area contributed by atoms with E-state index in [0.29, 0.717) is 6.61 Å². The van der Waals surface area contributed by atoms with E-state index in [4.69, 9.17) is 22.8 Å². The fourth-order valence-electron chi connectivity index (χ4n) is 2.97. The Morgan fingerprint density at radius 1 is 1.20 bits per heavy atom. The number of rotatable bonds is 9. The lowest BCUT2D eigenvalue weighted by molar-refractivity contribution is -0.000295. The van der Waals surface area contributed by atoms with Gasteiger partial charge in [0.2, 0.25) is 0 Å². The van der Waals surface area contributed by atoms with Crippen molar-refractivity contribution in [2.45, 2.75) is 25.5 Å². The molecule has 1 heterocycles. The van der Waals surface area contributed by atoms with E-state index in [9.17, 15) is 0 Å². The van der Waals surface area contributed by atoms with E-state index in [1.54, 1.807) is 14.2 Å². The van der Waals surface area contributed by atoms with Crippen LogP contribution < -0.4 is 4.74 Å². The van der Waals surface area contributed by atoms with Crippen LogP contribution >= 0.6 is 0 Å². The van der Waals surface area contributed by atoms with Gasteiger partial charge in [-0.3, -0.25) is 4.90 Å². The van der Waals surface area contributed by atoms with E-state index in [1.165, 1.54) is 0 Å². The number of benzene rings is 1. The lowest BCUT2D eigenvalue weighted by Gasteiger charge is -2.37. The quantitative estimate of drug-likeness (QED) is 0.492. The van der Waals surface area contributed by atoms with Crippen LogP contribution in [0.15, 0.2) is 30.3 Å². The summed E-state index contributed by atoms with van der Waals surface area (Å²) in [5, 5.41) is 0. The maximum atomic E-state index is 6.32. The van der Waals surface area contributed by atoms with Gasteiger partial charge in [0.25, 0.3) is 0 Å². The molecule has 0 aromatic heterocycles. The van der Waals surface area contributed by atoms with Crippen LogP contribution in [0, 0.1) is 0 Å². The number of hydrogen-bond acceptors (Lipinski definition) is 6. The zero-order valence-electron chi connectivity index (χ0n) is 15.6. The molecule has 0 spiro atoms. The molecule has 7 heteroatoms. The molecule has 0 saturated carbocycles. The lowest BCUT2D eigenvalue weighted by atomic mass is 10.3. The minimum atomic E-state index is -2.62. The smallest absolute Gasteiger partial charge is 0.491 e. The van der Waals surface area contributed by atoms with Crippen molar-refractivity contribution in [1.29, 1.82) is 0 Å². The van der Waals surface area contributed by atoms with E-state index >= 15 is 0 Å². The largest absolute Gasteiger partial charge is 0.500 e. The van der Waals surface area contributed by atoms with Crippen LogP contribution in [0.1, 0.15) is 13.3 Å². The molecular formula is C18H31NO5Si. The molecule has 6 nitrogen and oxygen atoms in total. The first-order valence-corrected chi connectivity index (χ1v) is 10.9. The second kappa shape index (κ2) is 10.9. The summed E-state index contributed by atoms with van der Waals surface area (Å²) in [5.74, 6) is 0.844. The summed E-state index contributed by atoms with van der Waals surface area (Å²) in [4.78, 5) is 2.37. The Kier molecular flexibility index (Phi) is 8.87. The van der Waals surface area contributed by atoms with Crippen LogP contribution in [0.3, 0.4) is 0 Å². The second-order valence-corrected chi connectivity index (χ2v) is 8.97. The van der Waals surface area contributed by atoms with E-state index in [2.05, 4.69) is 4.90 Å². The van der Waals surface area contributed by atoms with Gasteiger partial charge in [0.15, 0.2) is 0 Å². The predicted molar refractivity (Wildman–Crippen MR) is 98.9 cm³/mol. The van der Waals surface area contributed by atoms with E-state index < -0.39 is 8.80 Å². The summed E-state index contributed by atoms with van der Waals surface area (Å²) >= 11 is 0. The zero-order chi connectivity index (χ0) is 18.0. The molecule has 1 atom stereocenters. The van der Waals surface area contributed by atoms with Crippen LogP contribution in [-0.2, 0) is 18.0 Å².